The third-order valence-electron chi connectivity index (χ3n) is 3.91. The Morgan fingerprint density at radius 2 is 2.00 bits per heavy atom. The second kappa shape index (κ2) is 4.83. The number of nitrogens with two attached hydrogens (primary N) is 1. The first-order valence-electron chi connectivity index (χ1n) is 6.53. The van der Waals surface area contributed by atoms with Crippen molar-refractivity contribution in [1.29, 1.82) is 0 Å². The molecule has 1 aliphatic heterocycles. The summed E-state index contributed by atoms with van der Waals surface area (Å²) in [6.07, 6.45) is 0.899. The molecule has 0 amide bonds. The van der Waals surface area contributed by atoms with Crippen LogP contribution in [-0.2, 0) is 4.74 Å². The molecule has 0 radical (unpaired) electrons. The molecule has 4 heteroatoms. The van der Waals surface area contributed by atoms with E-state index in [0.29, 0.717) is 4.47 Å². The molecule has 0 aromatic heterocycles. The molecule has 106 valence electrons. The first-order valence-corrected chi connectivity index (χ1v) is 7.32. The standard InChI is InChI=1S/C15H21BrFNO/c1-14(2)8-10(15(3,4)19-14)13(18)9-5-6-12(17)11(16)7-9/h5-7,10,13H,8,18H2,1-4H3. The van der Waals surface area contributed by atoms with Gasteiger partial charge in [-0.05, 0) is 67.7 Å². The summed E-state index contributed by atoms with van der Waals surface area (Å²) in [6, 6.07) is 4.81. The highest BCUT2D eigenvalue weighted by Crippen LogP contribution is 2.47. The Morgan fingerprint density at radius 3 is 2.47 bits per heavy atom. The normalized spacial score (nSPS) is 26.4. The van der Waals surface area contributed by atoms with Gasteiger partial charge in [0.1, 0.15) is 5.82 Å². The van der Waals surface area contributed by atoms with Gasteiger partial charge in [0.25, 0.3) is 0 Å². The van der Waals surface area contributed by atoms with Gasteiger partial charge in [0, 0.05) is 12.0 Å². The fourth-order valence-electron chi connectivity index (χ4n) is 3.12. The summed E-state index contributed by atoms with van der Waals surface area (Å²) >= 11 is 3.21. The van der Waals surface area contributed by atoms with E-state index in [1.165, 1.54) is 6.07 Å². The fourth-order valence-corrected chi connectivity index (χ4v) is 3.51. The van der Waals surface area contributed by atoms with Gasteiger partial charge in [-0.25, -0.2) is 4.39 Å². The Kier molecular flexibility index (Phi) is 3.80. The first kappa shape index (κ1) is 14.9. The average molecular weight is 330 g/mol. The minimum absolute atomic E-state index is 0.159. The molecule has 19 heavy (non-hydrogen) atoms. The van der Waals surface area contributed by atoms with Gasteiger partial charge in [-0.1, -0.05) is 6.07 Å². The zero-order valence-electron chi connectivity index (χ0n) is 11.8. The lowest BCUT2D eigenvalue weighted by molar-refractivity contribution is -0.0767. The Labute approximate surface area is 122 Å². The molecule has 0 bridgehead atoms. The minimum atomic E-state index is -0.274. The van der Waals surface area contributed by atoms with E-state index in [2.05, 4.69) is 43.6 Å². The molecule has 2 unspecified atom stereocenters. The van der Waals surface area contributed by atoms with E-state index in [0.717, 1.165) is 12.0 Å². The second-order valence-corrected chi connectivity index (χ2v) is 7.33. The summed E-state index contributed by atoms with van der Waals surface area (Å²) in [6.45, 7) is 8.32. The van der Waals surface area contributed by atoms with E-state index in [-0.39, 0.29) is 29.0 Å². The molecular formula is C15H21BrFNO. The van der Waals surface area contributed by atoms with Crippen LogP contribution in [0.15, 0.2) is 22.7 Å². The molecule has 2 atom stereocenters. The van der Waals surface area contributed by atoms with Gasteiger partial charge in [-0.3, -0.25) is 0 Å². The molecule has 1 aromatic carbocycles. The van der Waals surface area contributed by atoms with Crippen molar-refractivity contribution in [2.75, 3.05) is 0 Å². The smallest absolute Gasteiger partial charge is 0.137 e. The van der Waals surface area contributed by atoms with Crippen molar-refractivity contribution in [2.45, 2.75) is 51.4 Å². The highest BCUT2D eigenvalue weighted by atomic mass is 79.9. The van der Waals surface area contributed by atoms with Crippen molar-refractivity contribution in [3.05, 3.63) is 34.1 Å². The number of rotatable bonds is 2. The van der Waals surface area contributed by atoms with Crippen molar-refractivity contribution in [1.82, 2.24) is 0 Å². The van der Waals surface area contributed by atoms with Crippen LogP contribution < -0.4 is 5.73 Å². The van der Waals surface area contributed by atoms with Crippen molar-refractivity contribution in [3.63, 3.8) is 0 Å². The Bertz CT molecular complexity index is 487. The molecule has 1 aromatic rings. The predicted octanol–water partition coefficient (Wildman–Crippen LogP) is 4.18. The predicted molar refractivity (Wildman–Crippen MR) is 78.4 cm³/mol. The molecule has 1 fully saturated rings. The van der Waals surface area contributed by atoms with Gasteiger partial charge < -0.3 is 10.5 Å². The molecule has 1 heterocycles. The molecule has 1 saturated heterocycles. The van der Waals surface area contributed by atoms with Crippen molar-refractivity contribution >= 4 is 15.9 Å². The molecule has 0 aliphatic carbocycles. The summed E-state index contributed by atoms with van der Waals surface area (Å²) < 4.78 is 19.8. The Morgan fingerprint density at radius 1 is 1.37 bits per heavy atom. The van der Waals surface area contributed by atoms with Crippen LogP contribution in [0.5, 0.6) is 0 Å². The van der Waals surface area contributed by atoms with Gasteiger partial charge in [-0.15, -0.1) is 0 Å². The lowest BCUT2D eigenvalue weighted by atomic mass is 9.79. The Hall–Kier alpha value is -0.450. The SMILES string of the molecule is CC1(C)CC(C(N)c2ccc(F)c(Br)c2)C(C)(C)O1. The zero-order valence-corrected chi connectivity index (χ0v) is 13.4. The van der Waals surface area contributed by atoms with Gasteiger partial charge in [0.15, 0.2) is 0 Å². The average Bonchev–Trinajstić information content (AvgIpc) is 2.49. The van der Waals surface area contributed by atoms with Crippen LogP contribution in [0.2, 0.25) is 0 Å². The lowest BCUT2D eigenvalue weighted by Gasteiger charge is -2.31. The van der Waals surface area contributed by atoms with E-state index in [4.69, 9.17) is 10.5 Å². The number of halogens is 2. The van der Waals surface area contributed by atoms with Crippen LogP contribution in [0.3, 0.4) is 0 Å². The van der Waals surface area contributed by atoms with E-state index in [1.807, 2.05) is 0 Å². The lowest BCUT2D eigenvalue weighted by Crippen LogP contribution is -2.35. The largest absolute Gasteiger partial charge is 0.369 e. The van der Waals surface area contributed by atoms with Gasteiger partial charge in [-0.2, -0.15) is 0 Å². The highest BCUT2D eigenvalue weighted by Gasteiger charge is 2.48. The third kappa shape index (κ3) is 3.01. The molecular weight excluding hydrogens is 309 g/mol. The molecule has 0 saturated carbocycles. The third-order valence-corrected chi connectivity index (χ3v) is 4.51. The quantitative estimate of drug-likeness (QED) is 0.883. The van der Waals surface area contributed by atoms with Crippen molar-refractivity contribution < 1.29 is 9.13 Å². The highest BCUT2D eigenvalue weighted by molar-refractivity contribution is 9.10. The minimum Gasteiger partial charge on any atom is -0.369 e. The van der Waals surface area contributed by atoms with E-state index < -0.39 is 0 Å². The van der Waals surface area contributed by atoms with Crippen LogP contribution in [0.1, 0.15) is 45.7 Å². The molecule has 2 nitrogen and oxygen atoms in total. The summed E-state index contributed by atoms with van der Waals surface area (Å²) in [7, 11) is 0. The molecule has 0 spiro atoms. The molecule has 1 aliphatic rings. The maximum absolute atomic E-state index is 13.3. The van der Waals surface area contributed by atoms with Crippen LogP contribution >= 0.6 is 15.9 Å². The topological polar surface area (TPSA) is 35.2 Å². The summed E-state index contributed by atoms with van der Waals surface area (Å²) in [5.41, 5.74) is 6.89. The van der Waals surface area contributed by atoms with Crippen LogP contribution in [0, 0.1) is 11.7 Å². The number of benzene rings is 1. The summed E-state index contributed by atoms with van der Waals surface area (Å²) in [5, 5.41) is 0. The maximum Gasteiger partial charge on any atom is 0.137 e. The summed E-state index contributed by atoms with van der Waals surface area (Å²) in [4.78, 5) is 0. The van der Waals surface area contributed by atoms with Crippen molar-refractivity contribution in [2.24, 2.45) is 11.7 Å². The van der Waals surface area contributed by atoms with Crippen LogP contribution in [-0.4, -0.2) is 11.2 Å². The van der Waals surface area contributed by atoms with E-state index >= 15 is 0 Å². The van der Waals surface area contributed by atoms with Crippen molar-refractivity contribution in [3.8, 4) is 0 Å². The number of hydrogen-bond acceptors (Lipinski definition) is 2. The Balaban J connectivity index is 2.28. The van der Waals surface area contributed by atoms with Gasteiger partial charge in [0.2, 0.25) is 0 Å². The monoisotopic (exact) mass is 329 g/mol. The second-order valence-electron chi connectivity index (χ2n) is 6.48. The van der Waals surface area contributed by atoms with Gasteiger partial charge >= 0.3 is 0 Å². The zero-order chi connectivity index (χ0) is 14.4. The first-order chi connectivity index (χ1) is 8.62. The van der Waals surface area contributed by atoms with Crippen LogP contribution in [0.4, 0.5) is 4.39 Å². The number of hydrogen-bond donors (Lipinski definition) is 1. The molecule has 2 N–H and O–H groups in total. The van der Waals surface area contributed by atoms with Gasteiger partial charge in [0.05, 0.1) is 15.7 Å². The fraction of sp³-hybridized carbons (Fsp3) is 0.600. The molecule has 2 rings (SSSR count). The van der Waals surface area contributed by atoms with E-state index in [9.17, 15) is 4.39 Å². The maximum atomic E-state index is 13.3. The van der Waals surface area contributed by atoms with Crippen LogP contribution in [0.25, 0.3) is 0 Å². The summed E-state index contributed by atoms with van der Waals surface area (Å²) in [5.74, 6) is -0.0573. The van der Waals surface area contributed by atoms with E-state index in [1.54, 1.807) is 12.1 Å². The number of ether oxygens (including phenoxy) is 1.